The molecule has 0 N–H and O–H groups in total. The minimum Gasteiger partial charge on any atom is -0.302 e. The van der Waals surface area contributed by atoms with Crippen molar-refractivity contribution in [2.45, 2.75) is 18.9 Å². The Kier molecular flexibility index (Phi) is 5.11. The zero-order valence-corrected chi connectivity index (χ0v) is 13.0. The second-order valence-corrected chi connectivity index (χ2v) is 5.81. The highest BCUT2D eigenvalue weighted by atomic mass is 79.9. The number of halogens is 1. The van der Waals surface area contributed by atoms with Gasteiger partial charge in [-0.3, -0.25) is 4.98 Å². The average Bonchev–Trinajstić information content (AvgIpc) is 2.42. The molecule has 2 nitrogen and oxygen atoms in total. The van der Waals surface area contributed by atoms with Crippen LogP contribution in [0.4, 0.5) is 0 Å². The predicted octanol–water partition coefficient (Wildman–Crippen LogP) is 4.08. The molecular weight excluding hydrogens is 300 g/mol. The van der Waals surface area contributed by atoms with Gasteiger partial charge in [0.15, 0.2) is 0 Å². The van der Waals surface area contributed by atoms with Crippen molar-refractivity contribution in [3.8, 4) is 0 Å². The van der Waals surface area contributed by atoms with Crippen molar-refractivity contribution < 1.29 is 0 Å². The van der Waals surface area contributed by atoms with Crippen LogP contribution < -0.4 is 0 Å². The maximum Gasteiger partial charge on any atom is 0.0404 e. The summed E-state index contributed by atoms with van der Waals surface area (Å²) in [5, 5.41) is 0. The van der Waals surface area contributed by atoms with Crippen molar-refractivity contribution in [3.63, 3.8) is 0 Å². The Morgan fingerprint density at radius 3 is 2.42 bits per heavy atom. The van der Waals surface area contributed by atoms with Crippen LogP contribution in [0.2, 0.25) is 0 Å². The lowest BCUT2D eigenvalue weighted by Crippen LogP contribution is -2.20. The van der Waals surface area contributed by atoms with Crippen LogP contribution in [0.15, 0.2) is 53.1 Å². The predicted molar refractivity (Wildman–Crippen MR) is 83.1 cm³/mol. The normalized spacial score (nSPS) is 12.6. The standard InChI is InChI=1S/C16H19BrN2/c1-19(2)16(13-6-8-14(17)9-7-13)11-10-15-5-3-4-12-18-15/h3-9,12,16H,10-11H2,1-2H3. The Morgan fingerprint density at radius 2 is 1.84 bits per heavy atom. The van der Waals surface area contributed by atoms with Crippen molar-refractivity contribution in [2.24, 2.45) is 0 Å². The molecule has 2 rings (SSSR count). The first-order valence-electron chi connectivity index (χ1n) is 6.48. The van der Waals surface area contributed by atoms with Crippen molar-refractivity contribution in [1.29, 1.82) is 0 Å². The third-order valence-corrected chi connectivity index (χ3v) is 3.81. The van der Waals surface area contributed by atoms with Crippen molar-refractivity contribution in [1.82, 2.24) is 9.88 Å². The second kappa shape index (κ2) is 6.83. The number of rotatable bonds is 5. The molecule has 0 saturated carbocycles. The first-order chi connectivity index (χ1) is 9.16. The van der Waals surface area contributed by atoms with E-state index in [9.17, 15) is 0 Å². The van der Waals surface area contributed by atoms with Crippen LogP contribution in [0.1, 0.15) is 23.7 Å². The van der Waals surface area contributed by atoms with E-state index in [0.717, 1.165) is 23.0 Å². The lowest BCUT2D eigenvalue weighted by atomic mass is 10.00. The van der Waals surface area contributed by atoms with E-state index < -0.39 is 0 Å². The van der Waals surface area contributed by atoms with E-state index >= 15 is 0 Å². The largest absolute Gasteiger partial charge is 0.302 e. The number of benzene rings is 1. The van der Waals surface area contributed by atoms with E-state index in [1.54, 1.807) is 0 Å². The van der Waals surface area contributed by atoms with Gasteiger partial charge in [-0.25, -0.2) is 0 Å². The van der Waals surface area contributed by atoms with Crippen LogP contribution in [0.25, 0.3) is 0 Å². The Hall–Kier alpha value is -1.19. The molecule has 2 aromatic rings. The molecule has 0 fully saturated rings. The Bertz CT molecular complexity index is 494. The fourth-order valence-electron chi connectivity index (χ4n) is 2.24. The summed E-state index contributed by atoms with van der Waals surface area (Å²) in [5.74, 6) is 0. The molecule has 1 aromatic heterocycles. The minimum absolute atomic E-state index is 0.426. The third-order valence-electron chi connectivity index (χ3n) is 3.28. The van der Waals surface area contributed by atoms with E-state index in [1.165, 1.54) is 5.56 Å². The molecule has 0 bridgehead atoms. The van der Waals surface area contributed by atoms with E-state index in [0.29, 0.717) is 6.04 Å². The van der Waals surface area contributed by atoms with Crippen molar-refractivity contribution in [3.05, 3.63) is 64.4 Å². The van der Waals surface area contributed by atoms with Gasteiger partial charge in [0, 0.05) is 22.4 Å². The molecule has 0 aliphatic carbocycles. The molecule has 0 saturated heterocycles. The molecule has 1 heterocycles. The molecule has 0 amide bonds. The van der Waals surface area contributed by atoms with Gasteiger partial charge < -0.3 is 4.90 Å². The molecule has 0 aliphatic rings. The number of hydrogen-bond donors (Lipinski definition) is 0. The first kappa shape index (κ1) is 14.2. The van der Waals surface area contributed by atoms with Gasteiger partial charge in [0.05, 0.1) is 0 Å². The number of hydrogen-bond acceptors (Lipinski definition) is 2. The lowest BCUT2D eigenvalue weighted by Gasteiger charge is -2.24. The molecule has 0 radical (unpaired) electrons. The SMILES string of the molecule is CN(C)C(CCc1ccccn1)c1ccc(Br)cc1. The summed E-state index contributed by atoms with van der Waals surface area (Å²) in [4.78, 5) is 6.66. The van der Waals surface area contributed by atoms with E-state index in [-0.39, 0.29) is 0 Å². The summed E-state index contributed by atoms with van der Waals surface area (Å²) in [6.45, 7) is 0. The molecule has 1 unspecified atom stereocenters. The van der Waals surface area contributed by atoms with E-state index in [1.807, 2.05) is 18.3 Å². The summed E-state index contributed by atoms with van der Waals surface area (Å²) >= 11 is 3.48. The number of aromatic nitrogens is 1. The summed E-state index contributed by atoms with van der Waals surface area (Å²) in [6.07, 6.45) is 3.94. The zero-order chi connectivity index (χ0) is 13.7. The molecule has 3 heteroatoms. The van der Waals surface area contributed by atoms with Gasteiger partial charge >= 0.3 is 0 Å². The third kappa shape index (κ3) is 4.15. The highest BCUT2D eigenvalue weighted by Crippen LogP contribution is 2.25. The fraction of sp³-hybridized carbons (Fsp3) is 0.312. The Balaban J connectivity index is 2.06. The van der Waals surface area contributed by atoms with Gasteiger partial charge in [0.25, 0.3) is 0 Å². The molecular formula is C16H19BrN2. The molecule has 0 aliphatic heterocycles. The first-order valence-corrected chi connectivity index (χ1v) is 7.28. The van der Waals surface area contributed by atoms with Gasteiger partial charge in [-0.15, -0.1) is 0 Å². The van der Waals surface area contributed by atoms with Gasteiger partial charge in [0.2, 0.25) is 0 Å². The smallest absolute Gasteiger partial charge is 0.0404 e. The van der Waals surface area contributed by atoms with Crippen LogP contribution in [-0.4, -0.2) is 24.0 Å². The van der Waals surface area contributed by atoms with E-state index in [2.05, 4.69) is 70.2 Å². The maximum absolute atomic E-state index is 4.39. The lowest BCUT2D eigenvalue weighted by molar-refractivity contribution is 0.283. The van der Waals surface area contributed by atoms with Gasteiger partial charge in [-0.1, -0.05) is 34.1 Å². The second-order valence-electron chi connectivity index (χ2n) is 4.89. The maximum atomic E-state index is 4.39. The Labute approximate surface area is 123 Å². The zero-order valence-electron chi connectivity index (χ0n) is 11.4. The quantitative estimate of drug-likeness (QED) is 0.825. The summed E-state index contributed by atoms with van der Waals surface area (Å²) in [7, 11) is 4.26. The molecule has 1 atom stereocenters. The van der Waals surface area contributed by atoms with Crippen molar-refractivity contribution in [2.75, 3.05) is 14.1 Å². The van der Waals surface area contributed by atoms with Gasteiger partial charge in [0.1, 0.15) is 0 Å². The summed E-state index contributed by atoms with van der Waals surface area (Å²) in [6, 6.07) is 15.1. The Morgan fingerprint density at radius 1 is 1.11 bits per heavy atom. The van der Waals surface area contributed by atoms with Crippen LogP contribution in [0.3, 0.4) is 0 Å². The van der Waals surface area contributed by atoms with E-state index in [4.69, 9.17) is 0 Å². The highest BCUT2D eigenvalue weighted by Gasteiger charge is 2.14. The number of nitrogens with zero attached hydrogens (tertiary/aromatic N) is 2. The average molecular weight is 319 g/mol. The van der Waals surface area contributed by atoms with Crippen LogP contribution in [-0.2, 0) is 6.42 Å². The molecule has 0 spiro atoms. The number of pyridine rings is 1. The van der Waals surface area contributed by atoms with Crippen molar-refractivity contribution >= 4 is 15.9 Å². The summed E-state index contributed by atoms with van der Waals surface area (Å²) < 4.78 is 1.12. The molecule has 1 aromatic carbocycles. The van der Waals surface area contributed by atoms with Gasteiger partial charge in [-0.05, 0) is 56.8 Å². The summed E-state index contributed by atoms with van der Waals surface area (Å²) in [5.41, 5.74) is 2.51. The monoisotopic (exact) mass is 318 g/mol. The topological polar surface area (TPSA) is 16.1 Å². The van der Waals surface area contributed by atoms with Crippen LogP contribution in [0.5, 0.6) is 0 Å². The fourth-order valence-corrected chi connectivity index (χ4v) is 2.50. The van der Waals surface area contributed by atoms with Gasteiger partial charge in [-0.2, -0.15) is 0 Å². The minimum atomic E-state index is 0.426. The van der Waals surface area contributed by atoms with Crippen LogP contribution in [0, 0.1) is 0 Å². The molecule has 100 valence electrons. The highest BCUT2D eigenvalue weighted by molar-refractivity contribution is 9.10. The number of aryl methyl sites for hydroxylation is 1. The van der Waals surface area contributed by atoms with Crippen LogP contribution >= 0.6 is 15.9 Å². The molecule has 19 heavy (non-hydrogen) atoms.